The molecule has 0 unspecified atom stereocenters. The number of hydrogen-bond acceptors (Lipinski definition) is 3. The second kappa shape index (κ2) is 9.68. The van der Waals surface area contributed by atoms with E-state index in [-0.39, 0.29) is 0 Å². The molecule has 3 aromatic rings. The van der Waals surface area contributed by atoms with Gasteiger partial charge in [0, 0.05) is 42.5 Å². The lowest BCUT2D eigenvalue weighted by atomic mass is 10.3. The van der Waals surface area contributed by atoms with E-state index in [4.69, 9.17) is 0 Å². The summed E-state index contributed by atoms with van der Waals surface area (Å²) < 4.78 is 1.88. The van der Waals surface area contributed by atoms with Crippen LogP contribution in [0.1, 0.15) is 5.56 Å². The summed E-state index contributed by atoms with van der Waals surface area (Å²) in [5.41, 5.74) is 2.16. The Morgan fingerprint density at radius 2 is 1.77 bits per heavy atom. The standard InChI is InChI=1S/C20H23N5S/c1-21-20(22-12-13-26-19-10-6-3-7-11-19)23-14-17-15-24-25(16-17)18-8-4-2-5-9-18/h2-11,15-16H,12-14H2,1H3,(H2,21,22,23). The third kappa shape index (κ3) is 5.39. The predicted octanol–water partition coefficient (Wildman–Crippen LogP) is 3.33. The number of guanidine groups is 1. The van der Waals surface area contributed by atoms with Gasteiger partial charge in [-0.3, -0.25) is 4.99 Å². The van der Waals surface area contributed by atoms with Crippen molar-refractivity contribution in [1.29, 1.82) is 0 Å². The van der Waals surface area contributed by atoms with E-state index in [2.05, 4.69) is 45.0 Å². The van der Waals surface area contributed by atoms with Gasteiger partial charge in [0.15, 0.2) is 5.96 Å². The maximum absolute atomic E-state index is 4.41. The van der Waals surface area contributed by atoms with Crippen molar-refractivity contribution in [3.8, 4) is 5.69 Å². The van der Waals surface area contributed by atoms with Crippen LogP contribution in [-0.2, 0) is 6.54 Å². The van der Waals surface area contributed by atoms with Crippen LogP contribution < -0.4 is 10.6 Å². The average Bonchev–Trinajstić information content (AvgIpc) is 3.18. The van der Waals surface area contributed by atoms with Crippen LogP contribution in [0.4, 0.5) is 0 Å². The minimum absolute atomic E-state index is 0.679. The predicted molar refractivity (Wildman–Crippen MR) is 109 cm³/mol. The SMILES string of the molecule is CN=C(NCCSc1ccccc1)NCc1cnn(-c2ccccc2)c1. The van der Waals surface area contributed by atoms with Crippen LogP contribution in [0.2, 0.25) is 0 Å². The first-order valence-electron chi connectivity index (χ1n) is 8.56. The fourth-order valence-corrected chi connectivity index (χ4v) is 3.22. The molecule has 1 aromatic heterocycles. The molecule has 134 valence electrons. The van der Waals surface area contributed by atoms with E-state index in [0.717, 1.165) is 29.5 Å². The molecule has 2 aromatic carbocycles. The van der Waals surface area contributed by atoms with Crippen molar-refractivity contribution in [3.63, 3.8) is 0 Å². The molecule has 0 atom stereocenters. The summed E-state index contributed by atoms with van der Waals surface area (Å²) >= 11 is 1.83. The number of thioether (sulfide) groups is 1. The highest BCUT2D eigenvalue weighted by atomic mass is 32.2. The molecule has 0 bridgehead atoms. The molecule has 3 rings (SSSR count). The van der Waals surface area contributed by atoms with Crippen LogP contribution in [0, 0.1) is 0 Å². The smallest absolute Gasteiger partial charge is 0.191 e. The van der Waals surface area contributed by atoms with Gasteiger partial charge in [-0.25, -0.2) is 4.68 Å². The van der Waals surface area contributed by atoms with E-state index in [0.29, 0.717) is 6.54 Å². The summed E-state index contributed by atoms with van der Waals surface area (Å²) in [5.74, 6) is 1.78. The van der Waals surface area contributed by atoms with E-state index in [1.165, 1.54) is 4.90 Å². The first-order valence-corrected chi connectivity index (χ1v) is 9.55. The molecule has 0 radical (unpaired) electrons. The Balaban J connectivity index is 1.42. The molecule has 0 spiro atoms. The van der Waals surface area contributed by atoms with Gasteiger partial charge in [0.2, 0.25) is 0 Å². The second-order valence-electron chi connectivity index (χ2n) is 5.64. The summed E-state index contributed by atoms with van der Waals surface area (Å²) in [5, 5.41) is 11.1. The third-order valence-corrected chi connectivity index (χ3v) is 4.76. The number of rotatable bonds is 7. The van der Waals surface area contributed by atoms with Crippen molar-refractivity contribution in [2.75, 3.05) is 19.3 Å². The quantitative estimate of drug-likeness (QED) is 0.292. The zero-order valence-electron chi connectivity index (χ0n) is 14.8. The van der Waals surface area contributed by atoms with Gasteiger partial charge in [-0.05, 0) is 24.3 Å². The molecule has 0 saturated carbocycles. The zero-order valence-corrected chi connectivity index (χ0v) is 15.6. The third-order valence-electron chi connectivity index (χ3n) is 3.75. The van der Waals surface area contributed by atoms with Crippen LogP contribution >= 0.6 is 11.8 Å². The van der Waals surface area contributed by atoms with Gasteiger partial charge < -0.3 is 10.6 Å². The van der Waals surface area contributed by atoms with E-state index in [1.807, 2.05) is 65.2 Å². The van der Waals surface area contributed by atoms with Crippen molar-refractivity contribution >= 4 is 17.7 Å². The highest BCUT2D eigenvalue weighted by Crippen LogP contribution is 2.15. The molecular formula is C20H23N5S. The number of aliphatic imine (C=N–C) groups is 1. The van der Waals surface area contributed by atoms with Crippen LogP contribution in [-0.4, -0.2) is 35.1 Å². The Hall–Kier alpha value is -2.73. The van der Waals surface area contributed by atoms with Crippen molar-refractivity contribution in [2.24, 2.45) is 4.99 Å². The lowest BCUT2D eigenvalue weighted by molar-refractivity contribution is 0.831. The minimum Gasteiger partial charge on any atom is -0.356 e. The second-order valence-corrected chi connectivity index (χ2v) is 6.81. The molecule has 26 heavy (non-hydrogen) atoms. The molecule has 0 saturated heterocycles. The Morgan fingerprint density at radius 3 is 2.50 bits per heavy atom. The monoisotopic (exact) mass is 365 g/mol. The summed E-state index contributed by atoms with van der Waals surface area (Å²) in [6.07, 6.45) is 3.90. The fourth-order valence-electron chi connectivity index (χ4n) is 2.43. The summed E-state index contributed by atoms with van der Waals surface area (Å²) in [4.78, 5) is 5.55. The maximum atomic E-state index is 4.41. The summed E-state index contributed by atoms with van der Waals surface area (Å²) in [6, 6.07) is 20.5. The normalized spacial score (nSPS) is 11.3. The van der Waals surface area contributed by atoms with Crippen molar-refractivity contribution in [2.45, 2.75) is 11.4 Å². The van der Waals surface area contributed by atoms with Gasteiger partial charge in [0.05, 0.1) is 11.9 Å². The highest BCUT2D eigenvalue weighted by Gasteiger charge is 2.02. The Bertz CT molecular complexity index is 814. The topological polar surface area (TPSA) is 54.2 Å². The molecule has 0 fully saturated rings. The van der Waals surface area contributed by atoms with Crippen LogP contribution in [0.15, 0.2) is 82.9 Å². The van der Waals surface area contributed by atoms with Crippen molar-refractivity contribution < 1.29 is 0 Å². The number of aromatic nitrogens is 2. The zero-order chi connectivity index (χ0) is 18.0. The number of benzene rings is 2. The first kappa shape index (κ1) is 18.1. The summed E-state index contributed by atoms with van der Waals surface area (Å²) in [7, 11) is 1.78. The van der Waals surface area contributed by atoms with E-state index >= 15 is 0 Å². The molecule has 2 N–H and O–H groups in total. The van der Waals surface area contributed by atoms with E-state index in [9.17, 15) is 0 Å². The van der Waals surface area contributed by atoms with Gasteiger partial charge in [0.25, 0.3) is 0 Å². The fraction of sp³-hybridized carbons (Fsp3) is 0.200. The molecule has 0 aliphatic rings. The average molecular weight is 366 g/mol. The molecule has 0 amide bonds. The summed E-state index contributed by atoms with van der Waals surface area (Å²) in [6.45, 7) is 1.53. The number of nitrogens with zero attached hydrogens (tertiary/aromatic N) is 3. The molecule has 0 aliphatic heterocycles. The van der Waals surface area contributed by atoms with Crippen LogP contribution in [0.5, 0.6) is 0 Å². The van der Waals surface area contributed by atoms with Crippen molar-refractivity contribution in [3.05, 3.63) is 78.6 Å². The first-order chi connectivity index (χ1) is 12.8. The maximum Gasteiger partial charge on any atom is 0.191 e. The molecule has 5 nitrogen and oxygen atoms in total. The van der Waals surface area contributed by atoms with E-state index < -0.39 is 0 Å². The van der Waals surface area contributed by atoms with Gasteiger partial charge in [0.1, 0.15) is 0 Å². The van der Waals surface area contributed by atoms with Gasteiger partial charge in [-0.15, -0.1) is 11.8 Å². The Kier molecular flexibility index (Phi) is 6.73. The van der Waals surface area contributed by atoms with Gasteiger partial charge in [-0.1, -0.05) is 36.4 Å². The molecule has 1 heterocycles. The van der Waals surface area contributed by atoms with Crippen LogP contribution in [0.25, 0.3) is 5.69 Å². The molecule has 0 aliphatic carbocycles. The number of nitrogens with one attached hydrogen (secondary N) is 2. The molecule has 6 heteroatoms. The number of para-hydroxylation sites is 1. The lowest BCUT2D eigenvalue weighted by Crippen LogP contribution is -2.37. The Labute approximate surface area is 158 Å². The largest absolute Gasteiger partial charge is 0.356 e. The van der Waals surface area contributed by atoms with Gasteiger partial charge in [-0.2, -0.15) is 5.10 Å². The lowest BCUT2D eigenvalue weighted by Gasteiger charge is -2.11. The minimum atomic E-state index is 0.679. The van der Waals surface area contributed by atoms with Crippen molar-refractivity contribution in [1.82, 2.24) is 20.4 Å². The van der Waals surface area contributed by atoms with E-state index in [1.54, 1.807) is 7.05 Å². The molecular weight excluding hydrogens is 342 g/mol. The van der Waals surface area contributed by atoms with Gasteiger partial charge >= 0.3 is 0 Å². The number of hydrogen-bond donors (Lipinski definition) is 2. The highest BCUT2D eigenvalue weighted by molar-refractivity contribution is 7.99. The Morgan fingerprint density at radius 1 is 1.04 bits per heavy atom. The van der Waals surface area contributed by atoms with Crippen LogP contribution in [0.3, 0.4) is 0 Å².